The first kappa shape index (κ1) is 19.8. The van der Waals surface area contributed by atoms with Crippen LogP contribution in [0.5, 0.6) is 5.75 Å². The molecular weight excluding hydrogens is 368 g/mol. The number of carbonyl (C=O) groups excluding carboxylic acids is 1. The number of fused-ring (bicyclic) bond motifs is 1. The van der Waals surface area contributed by atoms with Crippen LogP contribution in [-0.2, 0) is 6.61 Å². The number of ether oxygens (including phenoxy) is 1. The standard InChI is InChI=1S/C20H21F2N3O3/c1-13-18(20(27)23-9-2-3-11-26)25-10-5-8-17(19(25)24-13)28-12-14-15(21)6-4-7-16(14)22/h4-8,10,26H,2-3,9,11-12H2,1H3,(H,23,27). The first-order valence-corrected chi connectivity index (χ1v) is 8.95. The zero-order chi connectivity index (χ0) is 20.1. The monoisotopic (exact) mass is 389 g/mol. The van der Waals surface area contributed by atoms with Crippen LogP contribution < -0.4 is 10.1 Å². The Kier molecular flexibility index (Phi) is 6.20. The van der Waals surface area contributed by atoms with Crippen molar-refractivity contribution in [1.82, 2.24) is 14.7 Å². The zero-order valence-electron chi connectivity index (χ0n) is 15.4. The lowest BCUT2D eigenvalue weighted by molar-refractivity contribution is 0.0945. The van der Waals surface area contributed by atoms with Crippen LogP contribution in [0.3, 0.4) is 0 Å². The lowest BCUT2D eigenvalue weighted by Crippen LogP contribution is -2.26. The molecule has 0 spiro atoms. The number of carbonyl (C=O) groups is 1. The molecule has 0 aliphatic heterocycles. The highest BCUT2D eigenvalue weighted by Gasteiger charge is 2.19. The number of unbranched alkanes of at least 4 members (excludes halogenated alkanes) is 1. The van der Waals surface area contributed by atoms with Gasteiger partial charge in [0.1, 0.15) is 23.9 Å². The fraction of sp³-hybridized carbons (Fsp3) is 0.300. The van der Waals surface area contributed by atoms with Crippen molar-refractivity contribution in [2.75, 3.05) is 13.2 Å². The Morgan fingerprint density at radius 2 is 1.96 bits per heavy atom. The largest absolute Gasteiger partial charge is 0.485 e. The van der Waals surface area contributed by atoms with Gasteiger partial charge in [-0.05, 0) is 44.0 Å². The van der Waals surface area contributed by atoms with Crippen molar-refractivity contribution in [2.24, 2.45) is 0 Å². The molecule has 148 valence electrons. The van der Waals surface area contributed by atoms with Crippen molar-refractivity contribution in [3.05, 3.63) is 65.1 Å². The molecule has 3 rings (SSSR count). The molecule has 0 fully saturated rings. The van der Waals surface area contributed by atoms with Gasteiger partial charge in [0.05, 0.1) is 11.3 Å². The van der Waals surface area contributed by atoms with Crippen LogP contribution in [0.2, 0.25) is 0 Å². The molecule has 0 atom stereocenters. The summed E-state index contributed by atoms with van der Waals surface area (Å²) >= 11 is 0. The summed E-state index contributed by atoms with van der Waals surface area (Å²) < 4.78 is 34.8. The van der Waals surface area contributed by atoms with Gasteiger partial charge in [0.25, 0.3) is 5.91 Å². The number of nitrogens with one attached hydrogen (secondary N) is 1. The number of aromatic nitrogens is 2. The number of aliphatic hydroxyl groups excluding tert-OH is 1. The molecule has 0 saturated heterocycles. The van der Waals surface area contributed by atoms with E-state index in [1.165, 1.54) is 18.2 Å². The number of aryl methyl sites for hydroxylation is 1. The number of pyridine rings is 1. The molecule has 8 heteroatoms. The number of nitrogens with zero attached hydrogens (tertiary/aromatic N) is 2. The van der Waals surface area contributed by atoms with Gasteiger partial charge in [-0.25, -0.2) is 13.8 Å². The van der Waals surface area contributed by atoms with Gasteiger partial charge in [-0.3, -0.25) is 9.20 Å². The molecule has 0 aliphatic rings. The molecule has 0 unspecified atom stereocenters. The van der Waals surface area contributed by atoms with Gasteiger partial charge in [-0.1, -0.05) is 6.07 Å². The number of rotatable bonds is 8. The van der Waals surface area contributed by atoms with E-state index in [0.29, 0.717) is 42.2 Å². The van der Waals surface area contributed by atoms with E-state index in [1.54, 1.807) is 29.7 Å². The van der Waals surface area contributed by atoms with Gasteiger partial charge in [0, 0.05) is 19.3 Å². The third-order valence-corrected chi connectivity index (χ3v) is 4.31. The second-order valence-corrected chi connectivity index (χ2v) is 6.29. The Labute approximate surface area is 160 Å². The first-order valence-electron chi connectivity index (χ1n) is 8.95. The van der Waals surface area contributed by atoms with Crippen molar-refractivity contribution in [3.63, 3.8) is 0 Å². The lowest BCUT2D eigenvalue weighted by Gasteiger charge is -2.10. The summed E-state index contributed by atoms with van der Waals surface area (Å²) in [6.07, 6.45) is 2.95. The number of hydrogen-bond acceptors (Lipinski definition) is 4. The van der Waals surface area contributed by atoms with Crippen LogP contribution >= 0.6 is 0 Å². The second-order valence-electron chi connectivity index (χ2n) is 6.29. The summed E-state index contributed by atoms with van der Waals surface area (Å²) in [5.74, 6) is -1.35. The minimum absolute atomic E-state index is 0.0772. The van der Waals surface area contributed by atoms with Crippen molar-refractivity contribution < 1.29 is 23.4 Å². The molecule has 6 nitrogen and oxygen atoms in total. The molecule has 0 radical (unpaired) electrons. The van der Waals surface area contributed by atoms with Crippen molar-refractivity contribution in [1.29, 1.82) is 0 Å². The number of benzene rings is 1. The van der Waals surface area contributed by atoms with Crippen molar-refractivity contribution in [2.45, 2.75) is 26.4 Å². The summed E-state index contributed by atoms with van der Waals surface area (Å²) in [5.41, 5.74) is 1.08. The summed E-state index contributed by atoms with van der Waals surface area (Å²) in [6, 6.07) is 6.92. The summed E-state index contributed by atoms with van der Waals surface area (Å²) in [5, 5.41) is 11.6. The number of imidazole rings is 1. The van der Waals surface area contributed by atoms with E-state index < -0.39 is 11.6 Å². The number of aliphatic hydroxyl groups is 1. The van der Waals surface area contributed by atoms with E-state index in [1.807, 2.05) is 0 Å². The third kappa shape index (κ3) is 4.12. The van der Waals surface area contributed by atoms with Crippen molar-refractivity contribution in [3.8, 4) is 5.75 Å². The summed E-state index contributed by atoms with van der Waals surface area (Å²) in [7, 11) is 0. The van der Waals surface area contributed by atoms with E-state index in [2.05, 4.69) is 10.3 Å². The third-order valence-electron chi connectivity index (χ3n) is 4.31. The van der Waals surface area contributed by atoms with Crippen LogP contribution in [0.25, 0.3) is 5.65 Å². The van der Waals surface area contributed by atoms with Crippen LogP contribution in [0.4, 0.5) is 8.78 Å². The van der Waals surface area contributed by atoms with E-state index in [0.717, 1.165) is 0 Å². The molecule has 28 heavy (non-hydrogen) atoms. The fourth-order valence-electron chi connectivity index (χ4n) is 2.88. The molecule has 0 aliphatic carbocycles. The highest BCUT2D eigenvalue weighted by Crippen LogP contribution is 2.24. The Morgan fingerprint density at radius 3 is 2.68 bits per heavy atom. The normalized spacial score (nSPS) is 11.0. The minimum atomic E-state index is -0.686. The van der Waals surface area contributed by atoms with E-state index in [4.69, 9.17) is 9.84 Å². The molecule has 2 aromatic heterocycles. The van der Waals surface area contributed by atoms with Crippen LogP contribution in [0.1, 0.15) is 34.6 Å². The van der Waals surface area contributed by atoms with Gasteiger partial charge in [-0.15, -0.1) is 0 Å². The second kappa shape index (κ2) is 8.79. The van der Waals surface area contributed by atoms with E-state index in [-0.39, 0.29) is 24.7 Å². The molecule has 2 N–H and O–H groups in total. The molecule has 1 aromatic carbocycles. The van der Waals surface area contributed by atoms with Crippen molar-refractivity contribution >= 4 is 11.6 Å². The number of hydrogen-bond donors (Lipinski definition) is 2. The Bertz CT molecular complexity index is 968. The average molecular weight is 389 g/mol. The summed E-state index contributed by atoms with van der Waals surface area (Å²) in [4.78, 5) is 16.9. The molecule has 3 aromatic rings. The first-order chi connectivity index (χ1) is 13.5. The molecule has 0 bridgehead atoms. The Balaban J connectivity index is 1.83. The van der Waals surface area contributed by atoms with Crippen LogP contribution in [0.15, 0.2) is 36.5 Å². The predicted molar refractivity (Wildman–Crippen MR) is 99.3 cm³/mol. The maximum absolute atomic E-state index is 13.8. The van der Waals surface area contributed by atoms with E-state index >= 15 is 0 Å². The number of halogens is 2. The molecule has 2 heterocycles. The summed E-state index contributed by atoms with van der Waals surface area (Å²) in [6.45, 7) is 1.92. The zero-order valence-corrected chi connectivity index (χ0v) is 15.4. The fourth-order valence-corrected chi connectivity index (χ4v) is 2.88. The van der Waals surface area contributed by atoms with Gasteiger partial charge in [0.15, 0.2) is 11.4 Å². The topological polar surface area (TPSA) is 75.9 Å². The quantitative estimate of drug-likeness (QED) is 0.581. The van der Waals surface area contributed by atoms with Gasteiger partial charge in [-0.2, -0.15) is 0 Å². The SMILES string of the molecule is Cc1nc2c(OCc3c(F)cccc3F)cccn2c1C(=O)NCCCCO. The van der Waals surface area contributed by atoms with Gasteiger partial charge >= 0.3 is 0 Å². The predicted octanol–water partition coefficient (Wildman–Crippen LogP) is 3.00. The van der Waals surface area contributed by atoms with Gasteiger partial charge < -0.3 is 15.2 Å². The van der Waals surface area contributed by atoms with Crippen LogP contribution in [-0.4, -0.2) is 33.6 Å². The Hall–Kier alpha value is -3.00. The molecule has 1 amide bonds. The van der Waals surface area contributed by atoms with Crippen LogP contribution in [0, 0.1) is 18.6 Å². The maximum Gasteiger partial charge on any atom is 0.270 e. The Morgan fingerprint density at radius 1 is 1.21 bits per heavy atom. The smallest absolute Gasteiger partial charge is 0.270 e. The van der Waals surface area contributed by atoms with E-state index in [9.17, 15) is 13.6 Å². The average Bonchev–Trinajstić information content (AvgIpc) is 3.01. The lowest BCUT2D eigenvalue weighted by atomic mass is 10.2. The highest BCUT2D eigenvalue weighted by atomic mass is 19.1. The number of amides is 1. The molecular formula is C20H21F2N3O3. The molecule has 0 saturated carbocycles. The van der Waals surface area contributed by atoms with Gasteiger partial charge in [0.2, 0.25) is 0 Å². The minimum Gasteiger partial charge on any atom is -0.485 e. The highest BCUT2D eigenvalue weighted by molar-refractivity contribution is 5.94. The maximum atomic E-state index is 13.8.